The molecule has 26 heavy (non-hydrogen) atoms. The summed E-state index contributed by atoms with van der Waals surface area (Å²) in [5.74, 6) is 0.887. The Labute approximate surface area is 157 Å². The van der Waals surface area contributed by atoms with Gasteiger partial charge in [-0.1, -0.05) is 44.2 Å². The number of guanidine groups is 1. The number of benzene rings is 1. The Morgan fingerprint density at radius 1 is 1.19 bits per heavy atom. The summed E-state index contributed by atoms with van der Waals surface area (Å²) in [4.78, 5) is 18.4. The van der Waals surface area contributed by atoms with E-state index >= 15 is 0 Å². The summed E-state index contributed by atoms with van der Waals surface area (Å²) in [5, 5.41) is 9.58. The maximum Gasteiger partial charge on any atom is 0.222 e. The summed E-state index contributed by atoms with van der Waals surface area (Å²) < 4.78 is 0. The van der Waals surface area contributed by atoms with Gasteiger partial charge >= 0.3 is 0 Å². The third-order valence-electron chi connectivity index (χ3n) is 4.70. The Kier molecular flexibility index (Phi) is 8.41. The van der Waals surface area contributed by atoms with Crippen LogP contribution in [0.1, 0.15) is 32.3 Å². The Bertz CT molecular complexity index is 573. The third-order valence-corrected chi connectivity index (χ3v) is 4.70. The van der Waals surface area contributed by atoms with Crippen LogP contribution in [0, 0.1) is 5.92 Å². The minimum absolute atomic E-state index is 0.0189. The summed E-state index contributed by atoms with van der Waals surface area (Å²) >= 11 is 0. The van der Waals surface area contributed by atoms with Crippen molar-refractivity contribution in [3.63, 3.8) is 0 Å². The Hall–Kier alpha value is -2.08. The molecule has 1 unspecified atom stereocenters. The van der Waals surface area contributed by atoms with Gasteiger partial charge in [0.1, 0.15) is 0 Å². The molecule has 6 heteroatoms. The smallest absolute Gasteiger partial charge is 0.222 e. The normalized spacial score (nSPS) is 18.2. The molecule has 0 aliphatic carbocycles. The van der Waals surface area contributed by atoms with Gasteiger partial charge in [-0.3, -0.25) is 14.7 Å². The van der Waals surface area contributed by atoms with Gasteiger partial charge in [0.2, 0.25) is 5.91 Å². The van der Waals surface area contributed by atoms with Gasteiger partial charge in [-0.2, -0.15) is 0 Å². The fourth-order valence-corrected chi connectivity index (χ4v) is 3.16. The van der Waals surface area contributed by atoms with E-state index in [0.717, 1.165) is 25.6 Å². The van der Waals surface area contributed by atoms with Gasteiger partial charge in [0.05, 0.1) is 0 Å². The predicted molar refractivity (Wildman–Crippen MR) is 107 cm³/mol. The van der Waals surface area contributed by atoms with Crippen LogP contribution in [-0.2, 0) is 11.3 Å². The first-order valence-corrected chi connectivity index (χ1v) is 9.60. The van der Waals surface area contributed by atoms with Crippen LogP contribution in [-0.4, -0.2) is 56.0 Å². The molecule has 1 aromatic carbocycles. The summed E-state index contributed by atoms with van der Waals surface area (Å²) in [6, 6.07) is 11.2. The molecule has 1 fully saturated rings. The van der Waals surface area contributed by atoms with E-state index < -0.39 is 0 Å². The quantitative estimate of drug-likeness (QED) is 0.375. The van der Waals surface area contributed by atoms with E-state index in [1.165, 1.54) is 18.4 Å². The average Bonchev–Trinajstić information content (AvgIpc) is 3.08. The molecule has 1 amide bonds. The molecule has 0 radical (unpaired) electrons. The lowest BCUT2D eigenvalue weighted by atomic mass is 10.2. The summed E-state index contributed by atoms with van der Waals surface area (Å²) in [7, 11) is 1.78. The maximum atomic E-state index is 11.6. The van der Waals surface area contributed by atoms with Gasteiger partial charge < -0.3 is 16.0 Å². The molecular weight excluding hydrogens is 326 g/mol. The van der Waals surface area contributed by atoms with E-state index in [9.17, 15) is 4.79 Å². The monoisotopic (exact) mass is 359 g/mol. The van der Waals surface area contributed by atoms with Crippen molar-refractivity contribution in [3.8, 4) is 0 Å². The zero-order chi connectivity index (χ0) is 18.8. The summed E-state index contributed by atoms with van der Waals surface area (Å²) in [5.41, 5.74) is 1.36. The van der Waals surface area contributed by atoms with Crippen molar-refractivity contribution in [1.82, 2.24) is 20.9 Å². The minimum atomic E-state index is 0.0189. The molecule has 0 bridgehead atoms. The van der Waals surface area contributed by atoms with E-state index in [-0.39, 0.29) is 11.8 Å². The first-order chi connectivity index (χ1) is 12.6. The van der Waals surface area contributed by atoms with E-state index in [1.807, 2.05) is 13.8 Å². The lowest BCUT2D eigenvalue weighted by Gasteiger charge is -2.25. The SMILES string of the molecule is CN=C(NCCNC(=O)C(C)C)NCC1CCCN1Cc1ccccc1. The number of rotatable bonds is 8. The van der Waals surface area contributed by atoms with Gasteiger partial charge in [-0.15, -0.1) is 0 Å². The summed E-state index contributed by atoms with van der Waals surface area (Å²) in [6.07, 6.45) is 2.45. The Balaban J connectivity index is 1.70. The standard InChI is InChI=1S/C20H33N5O/c1-16(2)19(26)22-11-12-23-20(21-3)24-14-18-10-7-13-25(18)15-17-8-5-4-6-9-17/h4-6,8-9,16,18H,7,10-15H2,1-3H3,(H,22,26)(H2,21,23,24). The van der Waals surface area contributed by atoms with Crippen LogP contribution >= 0.6 is 0 Å². The van der Waals surface area contributed by atoms with Crippen LogP contribution in [0.5, 0.6) is 0 Å². The van der Waals surface area contributed by atoms with Crippen LogP contribution in [0.15, 0.2) is 35.3 Å². The van der Waals surface area contributed by atoms with Gasteiger partial charge in [-0.05, 0) is 24.9 Å². The van der Waals surface area contributed by atoms with Crippen LogP contribution in [0.4, 0.5) is 0 Å². The molecule has 3 N–H and O–H groups in total. The van der Waals surface area contributed by atoms with Crippen molar-refractivity contribution in [3.05, 3.63) is 35.9 Å². The van der Waals surface area contributed by atoms with Crippen molar-refractivity contribution in [2.45, 2.75) is 39.3 Å². The Morgan fingerprint density at radius 2 is 1.92 bits per heavy atom. The lowest BCUT2D eigenvalue weighted by molar-refractivity contribution is -0.123. The lowest BCUT2D eigenvalue weighted by Crippen LogP contribution is -2.46. The van der Waals surface area contributed by atoms with Crippen LogP contribution in [0.25, 0.3) is 0 Å². The number of hydrogen-bond acceptors (Lipinski definition) is 3. The highest BCUT2D eigenvalue weighted by atomic mass is 16.1. The number of nitrogens with one attached hydrogen (secondary N) is 3. The van der Waals surface area contributed by atoms with Crippen molar-refractivity contribution >= 4 is 11.9 Å². The van der Waals surface area contributed by atoms with Crippen molar-refractivity contribution in [2.75, 3.05) is 33.2 Å². The zero-order valence-corrected chi connectivity index (χ0v) is 16.3. The van der Waals surface area contributed by atoms with Gasteiger partial charge in [0, 0.05) is 45.2 Å². The number of carbonyl (C=O) groups is 1. The molecule has 0 spiro atoms. The van der Waals surface area contributed by atoms with Crippen LogP contribution in [0.2, 0.25) is 0 Å². The van der Waals surface area contributed by atoms with Crippen molar-refractivity contribution in [2.24, 2.45) is 10.9 Å². The molecule has 144 valence electrons. The number of likely N-dealkylation sites (tertiary alicyclic amines) is 1. The largest absolute Gasteiger partial charge is 0.355 e. The number of nitrogens with zero attached hydrogens (tertiary/aromatic N) is 2. The van der Waals surface area contributed by atoms with E-state index in [2.05, 4.69) is 56.2 Å². The van der Waals surface area contributed by atoms with Gasteiger partial charge in [0.25, 0.3) is 0 Å². The van der Waals surface area contributed by atoms with Crippen molar-refractivity contribution < 1.29 is 4.79 Å². The first-order valence-electron chi connectivity index (χ1n) is 9.60. The minimum Gasteiger partial charge on any atom is -0.355 e. The number of hydrogen-bond donors (Lipinski definition) is 3. The predicted octanol–water partition coefficient (Wildman–Crippen LogP) is 1.59. The summed E-state index contributed by atoms with van der Waals surface area (Å²) in [6.45, 7) is 8.08. The average molecular weight is 360 g/mol. The third kappa shape index (κ3) is 6.67. The second-order valence-electron chi connectivity index (χ2n) is 7.08. The molecule has 1 saturated heterocycles. The topological polar surface area (TPSA) is 68.8 Å². The van der Waals surface area contributed by atoms with E-state index in [1.54, 1.807) is 7.05 Å². The van der Waals surface area contributed by atoms with Gasteiger partial charge in [0.15, 0.2) is 5.96 Å². The zero-order valence-electron chi connectivity index (χ0n) is 16.3. The highest BCUT2D eigenvalue weighted by Crippen LogP contribution is 2.19. The maximum absolute atomic E-state index is 11.6. The molecule has 1 aliphatic rings. The van der Waals surface area contributed by atoms with E-state index in [0.29, 0.717) is 19.1 Å². The number of carbonyl (C=O) groups excluding carboxylic acids is 1. The molecule has 0 aromatic heterocycles. The second-order valence-corrected chi connectivity index (χ2v) is 7.08. The highest BCUT2D eigenvalue weighted by molar-refractivity contribution is 5.80. The molecule has 1 atom stereocenters. The fraction of sp³-hybridized carbons (Fsp3) is 0.600. The Morgan fingerprint density at radius 3 is 2.62 bits per heavy atom. The first kappa shape index (κ1) is 20.2. The number of aliphatic imine (C=N–C) groups is 1. The number of amides is 1. The van der Waals surface area contributed by atoms with Crippen LogP contribution in [0.3, 0.4) is 0 Å². The molecule has 0 saturated carbocycles. The van der Waals surface area contributed by atoms with Crippen LogP contribution < -0.4 is 16.0 Å². The molecule has 6 nitrogen and oxygen atoms in total. The fourth-order valence-electron chi connectivity index (χ4n) is 3.16. The molecule has 1 aliphatic heterocycles. The van der Waals surface area contributed by atoms with Gasteiger partial charge in [-0.25, -0.2) is 0 Å². The molecule has 1 heterocycles. The molecule has 2 rings (SSSR count). The molecule has 1 aromatic rings. The second kappa shape index (κ2) is 10.8. The molecular formula is C20H33N5O. The van der Waals surface area contributed by atoms with Crippen molar-refractivity contribution in [1.29, 1.82) is 0 Å². The highest BCUT2D eigenvalue weighted by Gasteiger charge is 2.24. The van der Waals surface area contributed by atoms with E-state index in [4.69, 9.17) is 0 Å².